The minimum Gasteiger partial charge on any atom is -0.340 e. The van der Waals surface area contributed by atoms with E-state index in [1.807, 2.05) is 29.2 Å². The first-order valence-corrected chi connectivity index (χ1v) is 10.8. The van der Waals surface area contributed by atoms with Crippen LogP contribution in [0.3, 0.4) is 0 Å². The van der Waals surface area contributed by atoms with Crippen molar-refractivity contribution in [3.05, 3.63) is 34.9 Å². The van der Waals surface area contributed by atoms with Crippen LogP contribution in [0.25, 0.3) is 0 Å². The van der Waals surface area contributed by atoms with Gasteiger partial charge in [0.15, 0.2) is 18.2 Å². The number of urea groups is 1. The molecule has 162 valence electrons. The number of rotatable bonds is 4. The van der Waals surface area contributed by atoms with Crippen molar-refractivity contribution >= 4 is 29.5 Å². The molecule has 0 bridgehead atoms. The first kappa shape index (κ1) is 20.9. The van der Waals surface area contributed by atoms with Gasteiger partial charge < -0.3 is 14.7 Å². The number of amides is 3. The van der Waals surface area contributed by atoms with Crippen molar-refractivity contribution in [2.75, 3.05) is 39.8 Å². The molecule has 0 radical (unpaired) electrons. The van der Waals surface area contributed by atoms with Gasteiger partial charge in [-0.05, 0) is 23.6 Å². The highest BCUT2D eigenvalue weighted by atomic mass is 35.5. The summed E-state index contributed by atoms with van der Waals surface area (Å²) in [4.78, 5) is 38.0. The summed E-state index contributed by atoms with van der Waals surface area (Å²) in [6, 6.07) is 6.68. The Bertz CT molecular complexity index is 834. The maximum absolute atomic E-state index is 12.8. The van der Waals surface area contributed by atoms with Gasteiger partial charge >= 0.3 is 6.03 Å². The van der Waals surface area contributed by atoms with Crippen LogP contribution in [0.5, 0.6) is 0 Å². The molecule has 4 rings (SSSR count). The average Bonchev–Trinajstić information content (AvgIpc) is 3.08. The van der Waals surface area contributed by atoms with E-state index in [2.05, 4.69) is 29.0 Å². The number of fused-ring (bicyclic) bond motifs is 1. The Labute approximate surface area is 182 Å². The number of aliphatic imine (C=N–C) groups is 1. The Balaban J connectivity index is 1.58. The number of nitrogens with one attached hydrogen (secondary N) is 1. The number of halogens is 1. The summed E-state index contributed by atoms with van der Waals surface area (Å²) in [7, 11) is 1.69. The fraction of sp³-hybridized carbons (Fsp3) is 0.571. The molecule has 1 aromatic rings. The van der Waals surface area contributed by atoms with Gasteiger partial charge in [0.05, 0.1) is 0 Å². The van der Waals surface area contributed by atoms with Crippen molar-refractivity contribution in [1.29, 1.82) is 0 Å². The van der Waals surface area contributed by atoms with Gasteiger partial charge in [-0.15, -0.1) is 0 Å². The van der Waals surface area contributed by atoms with E-state index in [0.717, 1.165) is 44.2 Å². The predicted molar refractivity (Wildman–Crippen MR) is 116 cm³/mol. The molecule has 30 heavy (non-hydrogen) atoms. The van der Waals surface area contributed by atoms with E-state index < -0.39 is 18.2 Å². The second-order valence-corrected chi connectivity index (χ2v) is 9.07. The third-order valence-electron chi connectivity index (χ3n) is 5.88. The lowest BCUT2D eigenvalue weighted by atomic mass is 10.1. The fourth-order valence-corrected chi connectivity index (χ4v) is 4.50. The van der Waals surface area contributed by atoms with E-state index in [1.165, 1.54) is 4.90 Å². The fourth-order valence-electron chi connectivity index (χ4n) is 4.38. The summed E-state index contributed by atoms with van der Waals surface area (Å²) < 4.78 is 0. The summed E-state index contributed by atoms with van der Waals surface area (Å²) >= 11 is 6.04. The molecule has 3 heterocycles. The highest BCUT2D eigenvalue weighted by Crippen LogP contribution is 2.28. The number of hydrogen-bond donors (Lipinski definition) is 1. The third kappa shape index (κ3) is 4.11. The third-order valence-corrected chi connectivity index (χ3v) is 6.14. The van der Waals surface area contributed by atoms with Crippen LogP contribution in [0.15, 0.2) is 29.3 Å². The summed E-state index contributed by atoms with van der Waals surface area (Å²) in [6.07, 6.45) is -0.512. The molecule has 0 aromatic heterocycles. The summed E-state index contributed by atoms with van der Waals surface area (Å²) in [5, 5.41) is 3.14. The van der Waals surface area contributed by atoms with E-state index in [-0.39, 0.29) is 5.91 Å². The number of guanidine groups is 1. The van der Waals surface area contributed by atoms with Crippen LogP contribution in [-0.2, 0) is 11.3 Å². The molecule has 3 aliphatic rings. The van der Waals surface area contributed by atoms with E-state index >= 15 is 0 Å². The Hall–Kier alpha value is -2.32. The predicted octanol–water partition coefficient (Wildman–Crippen LogP) is 1.66. The lowest BCUT2D eigenvalue weighted by Gasteiger charge is -2.40. The molecule has 1 aromatic carbocycles. The molecule has 0 aliphatic carbocycles. The summed E-state index contributed by atoms with van der Waals surface area (Å²) in [5.74, 6) is 1.13. The van der Waals surface area contributed by atoms with E-state index in [1.54, 1.807) is 7.05 Å². The normalized spacial score (nSPS) is 25.0. The van der Waals surface area contributed by atoms with Crippen LogP contribution in [-0.4, -0.2) is 89.5 Å². The Morgan fingerprint density at radius 1 is 1.13 bits per heavy atom. The SMILES string of the molecule is CC(C)CN1CCN(C2=NC3C(C(=O)NC(=O)N3C)N2Cc2ccc(Cl)cc2)CC1. The second kappa shape index (κ2) is 8.43. The van der Waals surface area contributed by atoms with Crippen molar-refractivity contribution < 1.29 is 9.59 Å². The van der Waals surface area contributed by atoms with Crippen LogP contribution in [0.2, 0.25) is 5.02 Å². The summed E-state index contributed by atoms with van der Waals surface area (Å²) in [5.41, 5.74) is 1.04. The molecule has 3 aliphatic heterocycles. The number of benzene rings is 1. The van der Waals surface area contributed by atoms with Gasteiger partial charge in [-0.25, -0.2) is 9.79 Å². The minimum absolute atomic E-state index is 0.297. The summed E-state index contributed by atoms with van der Waals surface area (Å²) in [6.45, 7) is 9.70. The molecule has 3 amide bonds. The molecule has 9 heteroatoms. The van der Waals surface area contributed by atoms with Crippen molar-refractivity contribution in [3.8, 4) is 0 Å². The van der Waals surface area contributed by atoms with Crippen LogP contribution >= 0.6 is 11.6 Å². The van der Waals surface area contributed by atoms with Gasteiger partial charge in [0.2, 0.25) is 0 Å². The topological polar surface area (TPSA) is 71.5 Å². The quantitative estimate of drug-likeness (QED) is 0.783. The van der Waals surface area contributed by atoms with Crippen LogP contribution in [0, 0.1) is 5.92 Å². The average molecular weight is 433 g/mol. The molecule has 2 atom stereocenters. The molecule has 0 saturated carbocycles. The maximum atomic E-state index is 12.8. The number of piperazine rings is 1. The van der Waals surface area contributed by atoms with Crippen LogP contribution < -0.4 is 5.32 Å². The van der Waals surface area contributed by atoms with Gasteiger partial charge in [0.25, 0.3) is 5.91 Å². The lowest BCUT2D eigenvalue weighted by Crippen LogP contribution is -2.64. The zero-order valence-corrected chi connectivity index (χ0v) is 18.5. The first-order chi connectivity index (χ1) is 14.3. The smallest absolute Gasteiger partial charge is 0.325 e. The zero-order chi connectivity index (χ0) is 21.4. The number of nitrogens with zero attached hydrogens (tertiary/aromatic N) is 5. The largest absolute Gasteiger partial charge is 0.340 e. The lowest BCUT2D eigenvalue weighted by molar-refractivity contribution is -0.127. The first-order valence-electron chi connectivity index (χ1n) is 10.5. The number of carbonyl (C=O) groups excluding carboxylic acids is 2. The molecule has 2 saturated heterocycles. The molecule has 2 fully saturated rings. The molecular weight excluding hydrogens is 404 g/mol. The number of hydrogen-bond acceptors (Lipinski definition) is 6. The van der Waals surface area contributed by atoms with Crippen LogP contribution in [0.4, 0.5) is 4.79 Å². The molecule has 0 spiro atoms. The molecular formula is C21H29ClN6O2. The standard InChI is InChI=1S/C21H29ClN6O2/c1-14(2)12-26-8-10-27(11-9-26)20-23-18-17(19(29)24-21(30)25(18)3)28(20)13-15-4-6-16(22)7-5-15/h4-7,14,17-18H,8-13H2,1-3H3,(H,24,29,30). The number of likely N-dealkylation sites (N-methyl/N-ethyl adjacent to an activating group) is 1. The van der Waals surface area contributed by atoms with Gasteiger partial charge in [0.1, 0.15) is 0 Å². The molecule has 2 unspecified atom stereocenters. The Morgan fingerprint density at radius 3 is 2.43 bits per heavy atom. The van der Waals surface area contributed by atoms with Crippen molar-refractivity contribution in [3.63, 3.8) is 0 Å². The van der Waals surface area contributed by atoms with Crippen LogP contribution in [0.1, 0.15) is 19.4 Å². The van der Waals surface area contributed by atoms with E-state index in [4.69, 9.17) is 16.6 Å². The highest BCUT2D eigenvalue weighted by Gasteiger charge is 2.49. The highest BCUT2D eigenvalue weighted by molar-refractivity contribution is 6.30. The van der Waals surface area contributed by atoms with Gasteiger partial charge in [-0.2, -0.15) is 0 Å². The molecule has 1 N–H and O–H groups in total. The monoisotopic (exact) mass is 432 g/mol. The molecule has 8 nitrogen and oxygen atoms in total. The van der Waals surface area contributed by atoms with Gasteiger partial charge in [0, 0.05) is 51.3 Å². The Kier molecular flexibility index (Phi) is 5.88. The minimum atomic E-state index is -0.535. The van der Waals surface area contributed by atoms with Crippen molar-refractivity contribution in [2.45, 2.75) is 32.6 Å². The van der Waals surface area contributed by atoms with E-state index in [0.29, 0.717) is 17.5 Å². The van der Waals surface area contributed by atoms with Crippen molar-refractivity contribution in [2.24, 2.45) is 10.9 Å². The van der Waals surface area contributed by atoms with E-state index in [9.17, 15) is 9.59 Å². The number of imide groups is 1. The maximum Gasteiger partial charge on any atom is 0.325 e. The zero-order valence-electron chi connectivity index (χ0n) is 17.7. The number of carbonyl (C=O) groups is 2. The second-order valence-electron chi connectivity index (χ2n) is 8.63. The van der Waals surface area contributed by atoms with Crippen molar-refractivity contribution in [1.82, 2.24) is 24.9 Å². The van der Waals surface area contributed by atoms with Gasteiger partial charge in [-0.1, -0.05) is 37.6 Å². The van der Waals surface area contributed by atoms with Gasteiger partial charge in [-0.3, -0.25) is 15.0 Å². The Morgan fingerprint density at radius 2 is 1.80 bits per heavy atom.